The maximum atomic E-state index is 13.7. The van der Waals surface area contributed by atoms with Crippen molar-refractivity contribution in [1.82, 2.24) is 10.6 Å². The van der Waals surface area contributed by atoms with Crippen molar-refractivity contribution in [3.8, 4) is 23.0 Å². The van der Waals surface area contributed by atoms with Gasteiger partial charge in [-0.3, -0.25) is 10.6 Å². The molecule has 0 fully saturated rings. The first kappa shape index (κ1) is 51.4. The van der Waals surface area contributed by atoms with Crippen LogP contribution in [0.1, 0.15) is 102 Å². The fraction of sp³-hybridized carbons (Fsp3) is 0.480. The van der Waals surface area contributed by atoms with Crippen molar-refractivity contribution >= 4 is 11.9 Å². The third kappa shape index (κ3) is 18.8. The molecule has 4 aromatic rings. The number of para-hydroxylation sites is 4. The van der Waals surface area contributed by atoms with Crippen LogP contribution in [0.15, 0.2) is 97.1 Å². The quantitative estimate of drug-likeness (QED) is 0.0209. The lowest BCUT2D eigenvalue weighted by Gasteiger charge is -2.23. The number of hydrogen-bond donors (Lipinski definition) is 2. The van der Waals surface area contributed by atoms with Crippen LogP contribution >= 0.6 is 0 Å². The standard InChI is InChI=1S/C50H66F2N2O10/c1-5-9-33-59-41(37-23-27-39(51)28-24-37)21-15-31-53-47(35-61-45-19-13-11-17-43(45)57-7-3)63-49(55)50(56)64-48(36-62-46-20-14-12-18-44(46)58-8-4)54-32-16-22-42(60-34-10-6-2)38-25-29-40(52)30-26-38/h11-14,17-20,23-30,41-42,47-48,53-54H,5-10,15-16,21-22,31-36H2,1-4H3. The third-order valence-corrected chi connectivity index (χ3v) is 9.89. The normalized spacial score (nSPS) is 13.0. The molecule has 0 amide bonds. The van der Waals surface area contributed by atoms with Crippen molar-refractivity contribution in [2.45, 2.75) is 104 Å². The molecule has 0 aliphatic rings. The molecule has 0 heterocycles. The topological polar surface area (TPSA) is 132 Å². The Labute approximate surface area is 377 Å². The van der Waals surface area contributed by atoms with Crippen LogP contribution < -0.4 is 29.6 Å². The van der Waals surface area contributed by atoms with Crippen LogP contribution in [0.4, 0.5) is 8.78 Å². The monoisotopic (exact) mass is 892 g/mol. The predicted octanol–water partition coefficient (Wildman–Crippen LogP) is 9.81. The highest BCUT2D eigenvalue weighted by Crippen LogP contribution is 2.29. The van der Waals surface area contributed by atoms with E-state index in [1.807, 2.05) is 26.0 Å². The molecule has 0 aliphatic carbocycles. The van der Waals surface area contributed by atoms with Crippen LogP contribution in [0.3, 0.4) is 0 Å². The van der Waals surface area contributed by atoms with Gasteiger partial charge in [0.05, 0.1) is 25.4 Å². The van der Waals surface area contributed by atoms with Crippen LogP contribution in [-0.2, 0) is 28.5 Å². The van der Waals surface area contributed by atoms with Gasteiger partial charge in [-0.25, -0.2) is 18.4 Å². The smallest absolute Gasteiger partial charge is 0.419 e. The zero-order chi connectivity index (χ0) is 45.8. The van der Waals surface area contributed by atoms with Crippen molar-refractivity contribution in [2.75, 3.05) is 52.7 Å². The average Bonchev–Trinajstić information content (AvgIpc) is 3.30. The van der Waals surface area contributed by atoms with E-state index >= 15 is 0 Å². The maximum Gasteiger partial charge on any atom is 0.419 e. The number of carbonyl (C=O) groups is 2. The first-order valence-electron chi connectivity index (χ1n) is 22.6. The number of benzene rings is 4. The van der Waals surface area contributed by atoms with Gasteiger partial charge in [-0.2, -0.15) is 0 Å². The van der Waals surface area contributed by atoms with Crippen molar-refractivity contribution in [3.05, 3.63) is 120 Å². The highest BCUT2D eigenvalue weighted by Gasteiger charge is 2.27. The first-order valence-corrected chi connectivity index (χ1v) is 22.6. The van der Waals surface area contributed by atoms with E-state index < -0.39 is 24.4 Å². The summed E-state index contributed by atoms with van der Waals surface area (Å²) in [6, 6.07) is 26.8. The van der Waals surface area contributed by atoms with E-state index in [9.17, 15) is 18.4 Å². The number of esters is 2. The van der Waals surface area contributed by atoms with E-state index in [4.69, 9.17) is 37.9 Å². The van der Waals surface area contributed by atoms with Gasteiger partial charge in [0, 0.05) is 13.2 Å². The summed E-state index contributed by atoms with van der Waals surface area (Å²) in [4.78, 5) is 27.0. The summed E-state index contributed by atoms with van der Waals surface area (Å²) >= 11 is 0. The van der Waals surface area contributed by atoms with Gasteiger partial charge in [0.25, 0.3) is 0 Å². The Morgan fingerprint density at radius 1 is 0.500 bits per heavy atom. The molecule has 0 saturated heterocycles. The summed E-state index contributed by atoms with van der Waals surface area (Å²) in [5.41, 5.74) is 1.72. The molecule has 4 unspecified atom stereocenters. The minimum atomic E-state index is -1.24. The molecule has 12 nitrogen and oxygen atoms in total. The van der Waals surface area contributed by atoms with Crippen molar-refractivity contribution < 1.29 is 56.3 Å². The van der Waals surface area contributed by atoms with E-state index in [1.165, 1.54) is 24.3 Å². The van der Waals surface area contributed by atoms with Gasteiger partial charge < -0.3 is 37.9 Å². The Kier molecular flexibility index (Phi) is 24.0. The average molecular weight is 893 g/mol. The van der Waals surface area contributed by atoms with Crippen LogP contribution in [-0.4, -0.2) is 77.1 Å². The maximum absolute atomic E-state index is 13.7. The number of halogens is 2. The van der Waals surface area contributed by atoms with Gasteiger partial charge in [0.1, 0.15) is 24.8 Å². The van der Waals surface area contributed by atoms with Gasteiger partial charge in [0.2, 0.25) is 0 Å². The molecule has 0 saturated carbocycles. The molecule has 2 N–H and O–H groups in total. The van der Waals surface area contributed by atoms with E-state index in [1.54, 1.807) is 60.7 Å². The molecule has 14 heteroatoms. The van der Waals surface area contributed by atoms with Crippen LogP contribution in [0, 0.1) is 11.6 Å². The van der Waals surface area contributed by atoms with E-state index in [-0.39, 0.29) is 37.1 Å². The second-order valence-electron chi connectivity index (χ2n) is 14.9. The Bertz CT molecular complexity index is 1770. The molecule has 0 aromatic heterocycles. The van der Waals surface area contributed by atoms with E-state index in [0.29, 0.717) is 88.2 Å². The third-order valence-electron chi connectivity index (χ3n) is 9.89. The van der Waals surface area contributed by atoms with Crippen molar-refractivity contribution in [2.24, 2.45) is 0 Å². The lowest BCUT2D eigenvalue weighted by Crippen LogP contribution is -2.44. The summed E-state index contributed by atoms with van der Waals surface area (Å²) < 4.78 is 74.7. The zero-order valence-corrected chi connectivity index (χ0v) is 37.7. The van der Waals surface area contributed by atoms with E-state index in [0.717, 1.165) is 36.8 Å². The summed E-state index contributed by atoms with van der Waals surface area (Å²) in [6.45, 7) is 10.2. The Morgan fingerprint density at radius 3 is 1.20 bits per heavy atom. The number of hydrogen-bond acceptors (Lipinski definition) is 12. The SMILES string of the molecule is CCCCOC(CCCNC(COc1ccccc1OCC)OC(=O)C(=O)OC(COc1ccccc1OCC)NCCCC(OCCCC)c1ccc(F)cc1)c1ccc(F)cc1. The molecule has 0 aliphatic heterocycles. The lowest BCUT2D eigenvalue weighted by atomic mass is 10.0. The lowest BCUT2D eigenvalue weighted by molar-refractivity contribution is -0.177. The Morgan fingerprint density at radius 2 is 0.859 bits per heavy atom. The second kappa shape index (κ2) is 30.0. The first-order chi connectivity index (χ1) is 31.2. The fourth-order valence-electron chi connectivity index (χ4n) is 6.53. The number of ether oxygens (including phenoxy) is 8. The molecule has 0 bridgehead atoms. The molecular weight excluding hydrogens is 827 g/mol. The van der Waals surface area contributed by atoms with Gasteiger partial charge >= 0.3 is 11.9 Å². The molecule has 4 rings (SSSR count). The van der Waals surface area contributed by atoms with Gasteiger partial charge in [-0.1, -0.05) is 75.2 Å². The van der Waals surface area contributed by atoms with E-state index in [2.05, 4.69) is 24.5 Å². The molecule has 64 heavy (non-hydrogen) atoms. The molecule has 0 spiro atoms. The molecule has 0 radical (unpaired) electrons. The Hall–Kier alpha value is -5.28. The number of unbranched alkanes of at least 4 members (excludes halogenated alkanes) is 2. The van der Waals surface area contributed by atoms with Crippen molar-refractivity contribution in [1.29, 1.82) is 0 Å². The Balaban J connectivity index is 1.44. The van der Waals surface area contributed by atoms with Gasteiger partial charge in [-0.15, -0.1) is 0 Å². The zero-order valence-electron chi connectivity index (χ0n) is 37.7. The van der Waals surface area contributed by atoms with Gasteiger partial charge in [-0.05, 0) is 125 Å². The number of carbonyl (C=O) groups excluding carboxylic acids is 2. The largest absolute Gasteiger partial charge is 0.490 e. The summed E-state index contributed by atoms with van der Waals surface area (Å²) in [5.74, 6) is -1.25. The van der Waals surface area contributed by atoms with Crippen molar-refractivity contribution in [3.63, 3.8) is 0 Å². The summed E-state index contributed by atoms with van der Waals surface area (Å²) in [5, 5.41) is 6.39. The minimum absolute atomic E-state index is 0.161. The molecular formula is C50H66F2N2O10. The second-order valence-corrected chi connectivity index (χ2v) is 14.9. The highest BCUT2D eigenvalue weighted by atomic mass is 19.1. The van der Waals surface area contributed by atoms with Gasteiger partial charge in [0.15, 0.2) is 35.5 Å². The number of nitrogens with one attached hydrogen (secondary N) is 2. The van der Waals surface area contributed by atoms with Crippen LogP contribution in [0.5, 0.6) is 23.0 Å². The summed E-state index contributed by atoms with van der Waals surface area (Å²) in [6.07, 6.45) is 3.39. The molecule has 4 atom stereocenters. The highest BCUT2D eigenvalue weighted by molar-refractivity contribution is 6.29. The molecule has 350 valence electrons. The fourth-order valence-corrected chi connectivity index (χ4v) is 6.53. The number of rotatable bonds is 32. The molecule has 4 aromatic carbocycles. The van der Waals surface area contributed by atoms with Crippen LogP contribution in [0.25, 0.3) is 0 Å². The minimum Gasteiger partial charge on any atom is -0.490 e. The summed E-state index contributed by atoms with van der Waals surface area (Å²) in [7, 11) is 0. The predicted molar refractivity (Wildman–Crippen MR) is 240 cm³/mol. The van der Waals surface area contributed by atoms with Crippen LogP contribution in [0.2, 0.25) is 0 Å².